The fourth-order valence-electron chi connectivity index (χ4n) is 1.94. The van der Waals surface area contributed by atoms with Crippen LogP contribution in [-0.2, 0) is 17.1 Å². The standard InChI is InChI=1S/C12H14N4O3S/c1-15-8-12(14-9-15)20(17,18)16-6-11(7-16)19-10-3-2-4-13-5-10/h2-5,8-9,11H,6-7H2,1H3. The maximum absolute atomic E-state index is 12.2. The highest BCUT2D eigenvalue weighted by Crippen LogP contribution is 2.23. The lowest BCUT2D eigenvalue weighted by atomic mass is 10.2. The van der Waals surface area contributed by atoms with Crippen LogP contribution >= 0.6 is 0 Å². The Bertz CT molecular complexity index is 693. The topological polar surface area (TPSA) is 77.3 Å². The zero-order valence-corrected chi connectivity index (χ0v) is 11.7. The zero-order chi connectivity index (χ0) is 14.2. The molecular formula is C12H14N4O3S. The summed E-state index contributed by atoms with van der Waals surface area (Å²) in [5.74, 6) is 0.646. The van der Waals surface area contributed by atoms with Gasteiger partial charge in [-0.05, 0) is 12.1 Å². The lowest BCUT2D eigenvalue weighted by Crippen LogP contribution is -2.56. The Balaban J connectivity index is 1.63. The second-order valence-electron chi connectivity index (χ2n) is 4.63. The third-order valence-electron chi connectivity index (χ3n) is 3.04. The summed E-state index contributed by atoms with van der Waals surface area (Å²) in [5, 5.41) is 0.0693. The molecule has 1 aliphatic heterocycles. The van der Waals surface area contributed by atoms with Gasteiger partial charge in [0, 0.05) is 19.4 Å². The largest absolute Gasteiger partial charge is 0.486 e. The van der Waals surface area contributed by atoms with Crippen molar-refractivity contribution >= 4 is 10.0 Å². The number of imidazole rings is 1. The number of hydrogen-bond donors (Lipinski definition) is 0. The summed E-state index contributed by atoms with van der Waals surface area (Å²) in [6.07, 6.45) is 6.08. The van der Waals surface area contributed by atoms with Gasteiger partial charge in [0.05, 0.1) is 25.6 Å². The number of aromatic nitrogens is 3. The summed E-state index contributed by atoms with van der Waals surface area (Å²) in [5.41, 5.74) is 0. The third-order valence-corrected chi connectivity index (χ3v) is 4.75. The lowest BCUT2D eigenvalue weighted by molar-refractivity contribution is 0.0757. The Hall–Kier alpha value is -1.93. The van der Waals surface area contributed by atoms with E-state index in [4.69, 9.17) is 4.74 Å². The minimum absolute atomic E-state index is 0.0693. The summed E-state index contributed by atoms with van der Waals surface area (Å²) in [6.45, 7) is 0.654. The molecule has 0 aromatic carbocycles. The first-order valence-electron chi connectivity index (χ1n) is 6.10. The molecule has 1 saturated heterocycles. The van der Waals surface area contributed by atoms with Gasteiger partial charge in [0.1, 0.15) is 11.9 Å². The Kier molecular flexibility index (Phi) is 3.19. The molecule has 0 unspecified atom stereocenters. The van der Waals surface area contributed by atoms with Gasteiger partial charge in [-0.3, -0.25) is 4.98 Å². The van der Waals surface area contributed by atoms with E-state index in [2.05, 4.69) is 9.97 Å². The number of pyridine rings is 1. The van der Waals surface area contributed by atoms with Crippen molar-refractivity contribution in [3.8, 4) is 5.75 Å². The van der Waals surface area contributed by atoms with Gasteiger partial charge in [0.25, 0.3) is 10.0 Å². The van der Waals surface area contributed by atoms with Crippen LogP contribution < -0.4 is 4.74 Å². The van der Waals surface area contributed by atoms with Gasteiger partial charge in [-0.15, -0.1) is 0 Å². The van der Waals surface area contributed by atoms with Crippen molar-refractivity contribution < 1.29 is 13.2 Å². The highest BCUT2D eigenvalue weighted by molar-refractivity contribution is 7.89. The quantitative estimate of drug-likeness (QED) is 0.808. The van der Waals surface area contributed by atoms with Gasteiger partial charge < -0.3 is 9.30 Å². The summed E-state index contributed by atoms with van der Waals surface area (Å²) in [6, 6.07) is 3.57. The van der Waals surface area contributed by atoms with E-state index in [1.807, 2.05) is 0 Å². The third kappa shape index (κ3) is 2.39. The van der Waals surface area contributed by atoms with Gasteiger partial charge in [0.2, 0.25) is 0 Å². The van der Waals surface area contributed by atoms with Crippen molar-refractivity contribution in [1.29, 1.82) is 0 Å². The van der Waals surface area contributed by atoms with Crippen LogP contribution in [0.2, 0.25) is 0 Å². The van der Waals surface area contributed by atoms with Crippen LogP contribution in [0.15, 0.2) is 42.1 Å². The van der Waals surface area contributed by atoms with Gasteiger partial charge in [-0.1, -0.05) is 0 Å². The van der Waals surface area contributed by atoms with Crippen molar-refractivity contribution in [2.45, 2.75) is 11.1 Å². The van der Waals surface area contributed by atoms with Crippen molar-refractivity contribution in [2.24, 2.45) is 7.05 Å². The monoisotopic (exact) mass is 294 g/mol. The fourth-order valence-corrected chi connectivity index (χ4v) is 3.40. The second-order valence-corrected chi connectivity index (χ2v) is 6.51. The van der Waals surface area contributed by atoms with Gasteiger partial charge >= 0.3 is 0 Å². The van der Waals surface area contributed by atoms with E-state index in [1.54, 1.807) is 36.1 Å². The first kappa shape index (κ1) is 13.1. The number of aryl methyl sites for hydroxylation is 1. The van der Waals surface area contributed by atoms with Gasteiger partial charge in [-0.2, -0.15) is 4.31 Å². The van der Waals surface area contributed by atoms with Gasteiger partial charge in [-0.25, -0.2) is 13.4 Å². The molecule has 0 bridgehead atoms. The van der Waals surface area contributed by atoms with E-state index in [0.29, 0.717) is 18.8 Å². The normalized spacial score (nSPS) is 16.9. The molecule has 0 radical (unpaired) electrons. The highest BCUT2D eigenvalue weighted by Gasteiger charge is 2.39. The van der Waals surface area contributed by atoms with Crippen molar-refractivity contribution in [3.63, 3.8) is 0 Å². The minimum atomic E-state index is -3.50. The van der Waals surface area contributed by atoms with Crippen molar-refractivity contribution in [1.82, 2.24) is 18.8 Å². The maximum atomic E-state index is 12.2. The SMILES string of the molecule is Cn1cnc(S(=O)(=O)N2CC(Oc3cccnc3)C2)c1. The zero-order valence-electron chi connectivity index (χ0n) is 10.9. The first-order chi connectivity index (χ1) is 9.55. The number of rotatable bonds is 4. The molecule has 0 amide bonds. The fraction of sp³-hybridized carbons (Fsp3) is 0.333. The van der Waals surface area contributed by atoms with Crippen LogP contribution in [0.5, 0.6) is 5.75 Å². The number of hydrogen-bond acceptors (Lipinski definition) is 5. The lowest BCUT2D eigenvalue weighted by Gasteiger charge is -2.37. The molecular weight excluding hydrogens is 280 g/mol. The molecule has 1 aliphatic rings. The Morgan fingerprint density at radius 3 is 2.80 bits per heavy atom. The van der Waals surface area contributed by atoms with Crippen LogP contribution in [0.1, 0.15) is 0 Å². The molecule has 0 atom stereocenters. The molecule has 8 heteroatoms. The predicted octanol–water partition coefficient (Wildman–Crippen LogP) is 0.267. The number of ether oxygens (including phenoxy) is 1. The van der Waals surface area contributed by atoms with Crippen molar-refractivity contribution in [2.75, 3.05) is 13.1 Å². The average molecular weight is 294 g/mol. The molecule has 2 aromatic heterocycles. The molecule has 2 aromatic rings. The summed E-state index contributed by atoms with van der Waals surface area (Å²) < 4.78 is 33.0. The highest BCUT2D eigenvalue weighted by atomic mass is 32.2. The van der Waals surface area contributed by atoms with E-state index in [1.165, 1.54) is 16.8 Å². The van der Waals surface area contributed by atoms with Crippen LogP contribution in [0.4, 0.5) is 0 Å². The molecule has 7 nitrogen and oxygen atoms in total. The molecule has 3 heterocycles. The molecule has 20 heavy (non-hydrogen) atoms. The first-order valence-corrected chi connectivity index (χ1v) is 7.54. The second kappa shape index (κ2) is 4.88. The summed E-state index contributed by atoms with van der Waals surface area (Å²) >= 11 is 0. The maximum Gasteiger partial charge on any atom is 0.262 e. The molecule has 106 valence electrons. The van der Waals surface area contributed by atoms with Gasteiger partial charge in [0.15, 0.2) is 5.03 Å². The van der Waals surface area contributed by atoms with E-state index >= 15 is 0 Å². The molecule has 0 aliphatic carbocycles. The molecule has 3 rings (SSSR count). The van der Waals surface area contributed by atoms with E-state index in [9.17, 15) is 8.42 Å². The Labute approximate surface area is 116 Å². The van der Waals surface area contributed by atoms with Crippen LogP contribution in [-0.4, -0.2) is 46.5 Å². The Morgan fingerprint density at radius 1 is 1.40 bits per heavy atom. The minimum Gasteiger partial charge on any atom is -0.486 e. The summed E-state index contributed by atoms with van der Waals surface area (Å²) in [4.78, 5) is 7.83. The van der Waals surface area contributed by atoms with E-state index in [-0.39, 0.29) is 11.1 Å². The van der Waals surface area contributed by atoms with E-state index < -0.39 is 10.0 Å². The van der Waals surface area contributed by atoms with Crippen LogP contribution in [0, 0.1) is 0 Å². The Morgan fingerprint density at radius 2 is 2.20 bits per heavy atom. The van der Waals surface area contributed by atoms with E-state index in [0.717, 1.165) is 0 Å². The van der Waals surface area contributed by atoms with Crippen molar-refractivity contribution in [3.05, 3.63) is 37.1 Å². The predicted molar refractivity (Wildman–Crippen MR) is 70.6 cm³/mol. The molecule has 0 spiro atoms. The molecule has 0 N–H and O–H groups in total. The molecule has 0 saturated carbocycles. The summed E-state index contributed by atoms with van der Waals surface area (Å²) in [7, 11) is -1.77. The van der Waals surface area contributed by atoms with Crippen LogP contribution in [0.25, 0.3) is 0 Å². The smallest absolute Gasteiger partial charge is 0.262 e. The number of nitrogens with zero attached hydrogens (tertiary/aromatic N) is 4. The number of sulfonamides is 1. The van der Waals surface area contributed by atoms with Crippen LogP contribution in [0.3, 0.4) is 0 Å². The average Bonchev–Trinajstić information content (AvgIpc) is 2.82. The molecule has 1 fully saturated rings.